The summed E-state index contributed by atoms with van der Waals surface area (Å²) in [5, 5.41) is 2.59. The number of nitrogens with one attached hydrogen (secondary N) is 1. The maximum atomic E-state index is 12.6. The van der Waals surface area contributed by atoms with Crippen LogP contribution in [0.15, 0.2) is 12.5 Å². The zero-order valence-corrected chi connectivity index (χ0v) is 14.3. The normalized spacial score (nSPS) is 18.5. The Labute approximate surface area is 148 Å². The fourth-order valence-corrected chi connectivity index (χ4v) is 2.52. The average Bonchev–Trinajstić information content (AvgIpc) is 3.03. The van der Waals surface area contributed by atoms with Crippen LogP contribution in [0, 0.1) is 0 Å². The second kappa shape index (κ2) is 8.99. The first-order valence-corrected chi connectivity index (χ1v) is 8.15. The second-order valence-electron chi connectivity index (χ2n) is 5.68. The van der Waals surface area contributed by atoms with E-state index < -0.39 is 30.6 Å². The van der Waals surface area contributed by atoms with Gasteiger partial charge in [-0.1, -0.05) is 0 Å². The average molecular weight is 378 g/mol. The molecule has 1 aromatic heterocycles. The van der Waals surface area contributed by atoms with Gasteiger partial charge >= 0.3 is 12.1 Å². The van der Waals surface area contributed by atoms with Crippen LogP contribution in [0.1, 0.15) is 17.4 Å². The number of morpholine rings is 1. The molecular formula is C15H21F3N4O4. The van der Waals surface area contributed by atoms with Gasteiger partial charge in [-0.2, -0.15) is 13.2 Å². The molecule has 2 rings (SSSR count). The minimum Gasteiger partial charge on any atom is -0.461 e. The molecule has 0 bridgehead atoms. The largest absolute Gasteiger partial charge is 0.461 e. The van der Waals surface area contributed by atoms with Crippen LogP contribution in [0.25, 0.3) is 0 Å². The van der Waals surface area contributed by atoms with Crippen LogP contribution >= 0.6 is 0 Å². The number of aromatic nitrogens is 2. The maximum Gasteiger partial charge on any atom is 0.401 e. The van der Waals surface area contributed by atoms with Crippen LogP contribution in [0.4, 0.5) is 13.2 Å². The third-order valence-corrected chi connectivity index (χ3v) is 3.71. The number of ether oxygens (including phenoxy) is 2. The molecule has 1 aliphatic heterocycles. The molecule has 0 aromatic carbocycles. The molecule has 1 atom stereocenters. The van der Waals surface area contributed by atoms with E-state index in [-0.39, 0.29) is 38.6 Å². The van der Waals surface area contributed by atoms with Crippen molar-refractivity contribution in [1.82, 2.24) is 19.8 Å². The predicted molar refractivity (Wildman–Crippen MR) is 83.4 cm³/mol. The number of rotatable bonds is 7. The predicted octanol–water partition coefficient (Wildman–Crippen LogP) is 0.439. The fraction of sp³-hybridized carbons (Fsp3) is 0.667. The summed E-state index contributed by atoms with van der Waals surface area (Å²) in [6, 6.07) is -0.983. The number of amides is 1. The van der Waals surface area contributed by atoms with E-state index in [2.05, 4.69) is 10.3 Å². The van der Waals surface area contributed by atoms with Gasteiger partial charge < -0.3 is 19.4 Å². The molecule has 0 unspecified atom stereocenters. The van der Waals surface area contributed by atoms with Crippen LogP contribution < -0.4 is 5.32 Å². The van der Waals surface area contributed by atoms with Crippen molar-refractivity contribution < 1.29 is 32.2 Å². The molecule has 1 amide bonds. The highest BCUT2D eigenvalue weighted by atomic mass is 19.4. The van der Waals surface area contributed by atoms with E-state index in [1.165, 1.54) is 12.5 Å². The third kappa shape index (κ3) is 5.99. The molecule has 1 N–H and O–H groups in total. The van der Waals surface area contributed by atoms with Gasteiger partial charge in [-0.25, -0.2) is 9.78 Å². The standard InChI is InChI=1S/C15H21F3N4O4/c1-2-26-14(24)11-7-21(10-20-11)4-3-19-13(23)12-8-25-6-5-22(12)9-15(16,17)18/h7,10,12H,2-6,8-9H2,1H3,(H,19,23)/t12-/m1/s1. The first kappa shape index (κ1) is 20.2. The SMILES string of the molecule is CCOC(=O)c1cn(CCNC(=O)[C@H]2COCCN2CC(F)(F)F)cn1. The quantitative estimate of drug-likeness (QED) is 0.693. The molecule has 8 nitrogen and oxygen atoms in total. The highest BCUT2D eigenvalue weighted by molar-refractivity contribution is 5.86. The number of carbonyl (C=O) groups excluding carboxylic acids is 2. The van der Waals surface area contributed by atoms with Gasteiger partial charge in [-0.15, -0.1) is 0 Å². The summed E-state index contributed by atoms with van der Waals surface area (Å²) in [4.78, 5) is 28.7. The summed E-state index contributed by atoms with van der Waals surface area (Å²) in [6.07, 6.45) is -1.49. The van der Waals surface area contributed by atoms with Crippen molar-refractivity contribution in [3.8, 4) is 0 Å². The summed E-state index contributed by atoms with van der Waals surface area (Å²) in [7, 11) is 0. The Morgan fingerprint density at radius 2 is 2.23 bits per heavy atom. The Morgan fingerprint density at radius 3 is 2.92 bits per heavy atom. The lowest BCUT2D eigenvalue weighted by atomic mass is 10.2. The zero-order valence-electron chi connectivity index (χ0n) is 14.3. The first-order valence-electron chi connectivity index (χ1n) is 8.15. The lowest BCUT2D eigenvalue weighted by Gasteiger charge is -2.34. The molecule has 0 saturated carbocycles. The lowest BCUT2D eigenvalue weighted by Crippen LogP contribution is -2.56. The van der Waals surface area contributed by atoms with Gasteiger partial charge in [0, 0.05) is 25.8 Å². The monoisotopic (exact) mass is 378 g/mol. The molecule has 1 aromatic rings. The molecule has 0 spiro atoms. The number of hydrogen-bond donors (Lipinski definition) is 1. The van der Waals surface area contributed by atoms with Gasteiger partial charge in [0.1, 0.15) is 6.04 Å². The first-order chi connectivity index (χ1) is 12.3. The van der Waals surface area contributed by atoms with Gasteiger partial charge in [-0.05, 0) is 6.92 Å². The highest BCUT2D eigenvalue weighted by Gasteiger charge is 2.38. The topological polar surface area (TPSA) is 85.7 Å². The molecule has 11 heteroatoms. The van der Waals surface area contributed by atoms with Crippen LogP contribution in [0.3, 0.4) is 0 Å². The minimum absolute atomic E-state index is 0.0437. The molecule has 1 saturated heterocycles. The number of nitrogens with zero attached hydrogens (tertiary/aromatic N) is 3. The van der Waals surface area contributed by atoms with E-state index in [0.717, 1.165) is 4.90 Å². The lowest BCUT2D eigenvalue weighted by molar-refractivity contribution is -0.166. The summed E-state index contributed by atoms with van der Waals surface area (Å²) in [5.41, 5.74) is 0.148. The van der Waals surface area contributed by atoms with Gasteiger partial charge in [-0.3, -0.25) is 9.69 Å². The molecule has 146 valence electrons. The number of esters is 1. The maximum absolute atomic E-state index is 12.6. The molecule has 1 fully saturated rings. The molecule has 0 aliphatic carbocycles. The van der Waals surface area contributed by atoms with E-state index in [9.17, 15) is 22.8 Å². The smallest absolute Gasteiger partial charge is 0.401 e. The zero-order chi connectivity index (χ0) is 19.2. The Balaban J connectivity index is 1.82. The van der Waals surface area contributed by atoms with E-state index in [0.29, 0.717) is 6.54 Å². The van der Waals surface area contributed by atoms with Crippen molar-refractivity contribution in [3.63, 3.8) is 0 Å². The molecule has 0 radical (unpaired) electrons. The molecular weight excluding hydrogens is 357 g/mol. The number of carbonyl (C=O) groups is 2. The number of imidazole rings is 1. The van der Waals surface area contributed by atoms with Crippen molar-refractivity contribution in [3.05, 3.63) is 18.2 Å². The molecule has 26 heavy (non-hydrogen) atoms. The number of alkyl halides is 3. The van der Waals surface area contributed by atoms with E-state index >= 15 is 0 Å². The van der Waals surface area contributed by atoms with Crippen molar-refractivity contribution in [1.29, 1.82) is 0 Å². The third-order valence-electron chi connectivity index (χ3n) is 3.71. The van der Waals surface area contributed by atoms with Crippen molar-refractivity contribution in [2.24, 2.45) is 0 Å². The second-order valence-corrected chi connectivity index (χ2v) is 5.68. The van der Waals surface area contributed by atoms with Crippen molar-refractivity contribution >= 4 is 11.9 Å². The van der Waals surface area contributed by atoms with Crippen molar-refractivity contribution in [2.75, 3.05) is 39.5 Å². The van der Waals surface area contributed by atoms with E-state index in [1.54, 1.807) is 11.5 Å². The summed E-state index contributed by atoms with van der Waals surface area (Å²) in [6.45, 7) is 1.37. The Hall–Kier alpha value is -2.14. The Bertz CT molecular complexity index is 620. The molecule has 2 heterocycles. The Morgan fingerprint density at radius 1 is 1.46 bits per heavy atom. The van der Waals surface area contributed by atoms with Gasteiger partial charge in [0.2, 0.25) is 5.91 Å². The summed E-state index contributed by atoms with van der Waals surface area (Å²) >= 11 is 0. The van der Waals surface area contributed by atoms with Crippen LogP contribution in [0.2, 0.25) is 0 Å². The summed E-state index contributed by atoms with van der Waals surface area (Å²) < 4.78 is 49.4. The highest BCUT2D eigenvalue weighted by Crippen LogP contribution is 2.19. The van der Waals surface area contributed by atoms with Crippen LogP contribution in [0.5, 0.6) is 0 Å². The van der Waals surface area contributed by atoms with Gasteiger partial charge in [0.15, 0.2) is 5.69 Å². The summed E-state index contributed by atoms with van der Waals surface area (Å²) in [5.74, 6) is -1.07. The number of halogens is 3. The van der Waals surface area contributed by atoms with Crippen molar-refractivity contribution in [2.45, 2.75) is 25.7 Å². The number of hydrogen-bond acceptors (Lipinski definition) is 6. The van der Waals surface area contributed by atoms with Crippen LogP contribution in [-0.2, 0) is 20.8 Å². The van der Waals surface area contributed by atoms with Gasteiger partial charge in [0.05, 0.1) is 32.7 Å². The van der Waals surface area contributed by atoms with Gasteiger partial charge in [0.25, 0.3) is 0 Å². The van der Waals surface area contributed by atoms with E-state index in [4.69, 9.17) is 9.47 Å². The fourth-order valence-electron chi connectivity index (χ4n) is 2.52. The van der Waals surface area contributed by atoms with Crippen LogP contribution in [-0.4, -0.2) is 78.0 Å². The minimum atomic E-state index is -4.38. The van der Waals surface area contributed by atoms with E-state index in [1.807, 2.05) is 0 Å². The Kier molecular flexibility index (Phi) is 6.98. The molecule has 1 aliphatic rings.